The number of hydrogen-bond acceptors (Lipinski definition) is 4. The number of halogens is 1. The van der Waals surface area contributed by atoms with Crippen molar-refractivity contribution in [1.82, 2.24) is 4.90 Å². The standard InChI is InChI=1S/C18H24ClNO4/c1-3-15(24-16-8-6-5-7-14(16)19)17(21)20-11-9-13(10-12-20)18(22)23-4-2/h5-8,13,15H,3-4,9-12H2,1-2H3/t15-/m1/s1. The lowest BCUT2D eigenvalue weighted by molar-refractivity contribution is -0.152. The highest BCUT2D eigenvalue weighted by atomic mass is 35.5. The normalized spacial score (nSPS) is 16.5. The quantitative estimate of drug-likeness (QED) is 0.736. The van der Waals surface area contributed by atoms with E-state index >= 15 is 0 Å². The first-order valence-electron chi connectivity index (χ1n) is 8.43. The number of carbonyl (C=O) groups is 2. The van der Waals surface area contributed by atoms with Crippen molar-refractivity contribution in [1.29, 1.82) is 0 Å². The average Bonchev–Trinajstić information content (AvgIpc) is 2.61. The number of carbonyl (C=O) groups excluding carboxylic acids is 2. The Hall–Kier alpha value is -1.75. The molecule has 132 valence electrons. The molecule has 6 heteroatoms. The van der Waals surface area contributed by atoms with Gasteiger partial charge in [-0.15, -0.1) is 0 Å². The van der Waals surface area contributed by atoms with Crippen LogP contribution in [0.3, 0.4) is 0 Å². The Labute approximate surface area is 147 Å². The summed E-state index contributed by atoms with van der Waals surface area (Å²) in [5.74, 6) is 0.183. The highest BCUT2D eigenvalue weighted by Gasteiger charge is 2.31. The molecule has 0 N–H and O–H groups in total. The SMILES string of the molecule is CCOC(=O)C1CCN(C(=O)[C@@H](CC)Oc2ccccc2Cl)CC1. The molecule has 0 spiro atoms. The summed E-state index contributed by atoms with van der Waals surface area (Å²) >= 11 is 6.10. The Morgan fingerprint density at radius 1 is 1.25 bits per heavy atom. The van der Waals surface area contributed by atoms with Crippen LogP contribution < -0.4 is 4.74 Å². The summed E-state index contributed by atoms with van der Waals surface area (Å²) in [5.41, 5.74) is 0. The zero-order valence-corrected chi connectivity index (χ0v) is 14.9. The molecule has 0 aromatic heterocycles. The third-order valence-electron chi connectivity index (χ3n) is 4.18. The van der Waals surface area contributed by atoms with E-state index in [0.717, 1.165) is 0 Å². The molecule has 0 bridgehead atoms. The minimum atomic E-state index is -0.566. The van der Waals surface area contributed by atoms with Crippen LogP contribution in [0.25, 0.3) is 0 Å². The number of benzene rings is 1. The van der Waals surface area contributed by atoms with Gasteiger partial charge in [0.1, 0.15) is 5.75 Å². The molecule has 0 unspecified atom stereocenters. The summed E-state index contributed by atoms with van der Waals surface area (Å²) in [7, 11) is 0. The van der Waals surface area contributed by atoms with Gasteiger partial charge in [0.2, 0.25) is 0 Å². The molecule has 0 saturated carbocycles. The molecule has 1 aromatic carbocycles. The van der Waals surface area contributed by atoms with Crippen molar-refractivity contribution in [3.63, 3.8) is 0 Å². The molecule has 1 fully saturated rings. The fourth-order valence-electron chi connectivity index (χ4n) is 2.80. The molecule has 1 amide bonds. The minimum absolute atomic E-state index is 0.0558. The van der Waals surface area contributed by atoms with Gasteiger partial charge >= 0.3 is 5.97 Å². The van der Waals surface area contributed by atoms with E-state index < -0.39 is 6.10 Å². The number of esters is 1. The third-order valence-corrected chi connectivity index (χ3v) is 4.49. The number of ether oxygens (including phenoxy) is 2. The maximum absolute atomic E-state index is 12.7. The summed E-state index contributed by atoms with van der Waals surface area (Å²) in [4.78, 5) is 26.2. The second kappa shape index (κ2) is 8.92. The largest absolute Gasteiger partial charge is 0.479 e. The van der Waals surface area contributed by atoms with Gasteiger partial charge < -0.3 is 14.4 Å². The minimum Gasteiger partial charge on any atom is -0.479 e. The maximum Gasteiger partial charge on any atom is 0.309 e. The van der Waals surface area contributed by atoms with Crippen LogP contribution >= 0.6 is 11.6 Å². The van der Waals surface area contributed by atoms with Crippen LogP contribution in [0.1, 0.15) is 33.1 Å². The Bertz CT molecular complexity index is 570. The lowest BCUT2D eigenvalue weighted by Gasteiger charge is -2.33. The van der Waals surface area contributed by atoms with Crippen LogP contribution in [0.4, 0.5) is 0 Å². The van der Waals surface area contributed by atoms with Crippen LogP contribution in [-0.4, -0.2) is 42.6 Å². The van der Waals surface area contributed by atoms with Crippen LogP contribution in [0.15, 0.2) is 24.3 Å². The molecule has 5 nitrogen and oxygen atoms in total. The third kappa shape index (κ3) is 4.63. The number of para-hydroxylation sites is 1. The van der Waals surface area contributed by atoms with Crippen molar-refractivity contribution in [2.24, 2.45) is 5.92 Å². The van der Waals surface area contributed by atoms with Gasteiger partial charge in [-0.1, -0.05) is 30.7 Å². The molecule has 1 atom stereocenters. The van der Waals surface area contributed by atoms with E-state index in [1.165, 1.54) is 0 Å². The Morgan fingerprint density at radius 3 is 2.50 bits per heavy atom. The number of likely N-dealkylation sites (tertiary alicyclic amines) is 1. The fourth-order valence-corrected chi connectivity index (χ4v) is 2.98. The van der Waals surface area contributed by atoms with Gasteiger partial charge in [-0.25, -0.2) is 0 Å². The molecule has 2 rings (SSSR count). The number of rotatable bonds is 6. The maximum atomic E-state index is 12.7. The van der Waals surface area contributed by atoms with Crippen LogP contribution in [0, 0.1) is 5.92 Å². The first kappa shape index (κ1) is 18.6. The first-order valence-corrected chi connectivity index (χ1v) is 8.81. The van der Waals surface area contributed by atoms with Crippen molar-refractivity contribution in [3.05, 3.63) is 29.3 Å². The van der Waals surface area contributed by atoms with Crippen molar-refractivity contribution >= 4 is 23.5 Å². The summed E-state index contributed by atoms with van der Waals surface area (Å²) in [6.07, 6.45) is 1.26. The van der Waals surface area contributed by atoms with Gasteiger partial charge in [-0.05, 0) is 38.3 Å². The van der Waals surface area contributed by atoms with Crippen molar-refractivity contribution < 1.29 is 19.1 Å². The van der Waals surface area contributed by atoms with E-state index in [1.807, 2.05) is 19.1 Å². The van der Waals surface area contributed by atoms with Crippen LogP contribution in [0.2, 0.25) is 5.02 Å². The lowest BCUT2D eigenvalue weighted by Crippen LogP contribution is -2.46. The molecular formula is C18H24ClNO4. The molecule has 0 radical (unpaired) electrons. The van der Waals surface area contributed by atoms with E-state index in [2.05, 4.69) is 0 Å². The van der Waals surface area contributed by atoms with Crippen LogP contribution in [0.5, 0.6) is 5.75 Å². The predicted octanol–water partition coefficient (Wildman–Crippen LogP) is 3.30. The Balaban J connectivity index is 1.93. The van der Waals surface area contributed by atoms with Crippen molar-refractivity contribution in [2.45, 2.75) is 39.2 Å². The smallest absolute Gasteiger partial charge is 0.309 e. The summed E-state index contributed by atoms with van der Waals surface area (Å²) in [6, 6.07) is 7.13. The Kier molecular flexibility index (Phi) is 6.91. The monoisotopic (exact) mass is 353 g/mol. The number of nitrogens with zero attached hydrogens (tertiary/aromatic N) is 1. The van der Waals surface area contributed by atoms with Gasteiger partial charge in [0.25, 0.3) is 5.91 Å². The van der Waals surface area contributed by atoms with Gasteiger partial charge in [0.15, 0.2) is 6.10 Å². The zero-order valence-electron chi connectivity index (χ0n) is 14.2. The van der Waals surface area contributed by atoms with E-state index in [1.54, 1.807) is 24.0 Å². The second-order valence-corrected chi connectivity index (χ2v) is 6.20. The topological polar surface area (TPSA) is 55.8 Å². The molecule has 1 heterocycles. The number of hydrogen-bond donors (Lipinski definition) is 0. The van der Waals surface area contributed by atoms with Crippen molar-refractivity contribution in [2.75, 3.05) is 19.7 Å². The molecule has 1 aliphatic heterocycles. The molecular weight excluding hydrogens is 330 g/mol. The van der Waals surface area contributed by atoms with Gasteiger partial charge in [0, 0.05) is 13.1 Å². The van der Waals surface area contributed by atoms with Gasteiger partial charge in [-0.3, -0.25) is 9.59 Å². The van der Waals surface area contributed by atoms with E-state index in [-0.39, 0.29) is 17.8 Å². The predicted molar refractivity (Wildman–Crippen MR) is 92.1 cm³/mol. The van der Waals surface area contributed by atoms with Gasteiger partial charge in [-0.2, -0.15) is 0 Å². The molecule has 1 saturated heterocycles. The van der Waals surface area contributed by atoms with E-state index in [0.29, 0.717) is 49.7 Å². The summed E-state index contributed by atoms with van der Waals surface area (Å²) in [6.45, 7) is 5.19. The fraction of sp³-hybridized carbons (Fsp3) is 0.556. The second-order valence-electron chi connectivity index (χ2n) is 5.80. The van der Waals surface area contributed by atoms with E-state index in [9.17, 15) is 9.59 Å². The van der Waals surface area contributed by atoms with Crippen LogP contribution in [-0.2, 0) is 14.3 Å². The molecule has 24 heavy (non-hydrogen) atoms. The number of amides is 1. The molecule has 0 aliphatic carbocycles. The summed E-state index contributed by atoms with van der Waals surface area (Å²) in [5, 5.41) is 0.491. The highest BCUT2D eigenvalue weighted by Crippen LogP contribution is 2.26. The first-order chi connectivity index (χ1) is 11.6. The average molecular weight is 354 g/mol. The highest BCUT2D eigenvalue weighted by molar-refractivity contribution is 6.32. The lowest BCUT2D eigenvalue weighted by atomic mass is 9.96. The van der Waals surface area contributed by atoms with Crippen molar-refractivity contribution in [3.8, 4) is 5.75 Å². The van der Waals surface area contributed by atoms with Gasteiger partial charge in [0.05, 0.1) is 17.5 Å². The molecule has 1 aromatic rings. The zero-order chi connectivity index (χ0) is 17.5. The Morgan fingerprint density at radius 2 is 1.92 bits per heavy atom. The van der Waals surface area contributed by atoms with E-state index in [4.69, 9.17) is 21.1 Å². The number of piperidine rings is 1. The summed E-state index contributed by atoms with van der Waals surface area (Å²) < 4.78 is 10.9. The molecule has 1 aliphatic rings.